The third kappa shape index (κ3) is 2.98. The number of hydrogen-bond donors (Lipinski definition) is 3. The fraction of sp³-hybridized carbons (Fsp3) is 0.188. The van der Waals surface area contributed by atoms with Gasteiger partial charge in [0, 0.05) is 12.1 Å². The molecule has 7 nitrogen and oxygen atoms in total. The summed E-state index contributed by atoms with van der Waals surface area (Å²) < 4.78 is 18.3. The number of halogens is 1. The van der Waals surface area contributed by atoms with Gasteiger partial charge in [-0.1, -0.05) is 6.07 Å². The molecule has 0 saturated heterocycles. The van der Waals surface area contributed by atoms with Crippen LogP contribution in [0.1, 0.15) is 34.0 Å². The van der Waals surface area contributed by atoms with Crippen molar-refractivity contribution in [2.45, 2.75) is 19.3 Å². The normalized spacial score (nSPS) is 16.1. The van der Waals surface area contributed by atoms with Crippen molar-refractivity contribution >= 4 is 23.4 Å². The van der Waals surface area contributed by atoms with Gasteiger partial charge in [0.2, 0.25) is 11.8 Å². The molecule has 2 aromatic rings. The first-order valence-electron chi connectivity index (χ1n) is 7.19. The van der Waals surface area contributed by atoms with Gasteiger partial charge in [-0.2, -0.15) is 0 Å². The molecule has 0 saturated carbocycles. The number of fused-ring (bicyclic) bond motifs is 1. The van der Waals surface area contributed by atoms with Crippen LogP contribution >= 0.6 is 0 Å². The minimum atomic E-state index is -0.819. The summed E-state index contributed by atoms with van der Waals surface area (Å²) in [6.45, 7) is 1.62. The molecule has 1 aliphatic rings. The molecule has 24 heavy (non-hydrogen) atoms. The Morgan fingerprint density at radius 2 is 2.08 bits per heavy atom. The van der Waals surface area contributed by atoms with E-state index >= 15 is 0 Å². The molecule has 124 valence electrons. The molecule has 8 heteroatoms. The van der Waals surface area contributed by atoms with Gasteiger partial charge in [-0.15, -0.1) is 0 Å². The van der Waals surface area contributed by atoms with Gasteiger partial charge in [-0.05, 0) is 30.7 Å². The third-order valence-corrected chi connectivity index (χ3v) is 3.77. The second kappa shape index (κ2) is 6.15. The predicted molar refractivity (Wildman–Crippen MR) is 81.4 cm³/mol. The molecule has 1 atom stereocenters. The zero-order valence-corrected chi connectivity index (χ0v) is 12.7. The van der Waals surface area contributed by atoms with Crippen LogP contribution in [-0.4, -0.2) is 17.7 Å². The van der Waals surface area contributed by atoms with E-state index in [9.17, 15) is 18.8 Å². The summed E-state index contributed by atoms with van der Waals surface area (Å²) in [4.78, 5) is 36.0. The molecule has 3 N–H and O–H groups in total. The van der Waals surface area contributed by atoms with Gasteiger partial charge < -0.3 is 9.73 Å². The lowest BCUT2D eigenvalue weighted by Crippen LogP contribution is -2.45. The van der Waals surface area contributed by atoms with E-state index < -0.39 is 29.5 Å². The van der Waals surface area contributed by atoms with E-state index in [1.807, 2.05) is 0 Å². The van der Waals surface area contributed by atoms with E-state index in [1.54, 1.807) is 6.92 Å². The van der Waals surface area contributed by atoms with Gasteiger partial charge in [0.05, 0.1) is 17.7 Å². The summed E-state index contributed by atoms with van der Waals surface area (Å²) in [5.74, 6) is -2.41. The Bertz CT molecular complexity index is 830. The van der Waals surface area contributed by atoms with Crippen LogP contribution in [0.3, 0.4) is 0 Å². The monoisotopic (exact) mass is 331 g/mol. The first-order chi connectivity index (χ1) is 11.5. The van der Waals surface area contributed by atoms with Crippen LogP contribution in [-0.2, 0) is 9.59 Å². The largest absolute Gasteiger partial charge is 0.469 e. The second-order valence-electron chi connectivity index (χ2n) is 5.37. The fourth-order valence-electron chi connectivity index (χ4n) is 2.56. The van der Waals surface area contributed by atoms with Crippen LogP contribution in [0, 0.1) is 12.7 Å². The van der Waals surface area contributed by atoms with Crippen LogP contribution in [0.25, 0.3) is 0 Å². The van der Waals surface area contributed by atoms with Gasteiger partial charge in [-0.25, -0.2) is 4.39 Å². The Morgan fingerprint density at radius 3 is 2.79 bits per heavy atom. The minimum absolute atomic E-state index is 0.0922. The van der Waals surface area contributed by atoms with Crippen molar-refractivity contribution in [3.63, 3.8) is 0 Å². The molecule has 1 unspecified atom stereocenters. The van der Waals surface area contributed by atoms with E-state index in [1.165, 1.54) is 24.5 Å². The Balaban J connectivity index is 1.73. The number of aryl methyl sites for hydroxylation is 1. The molecule has 0 fully saturated rings. The average molecular weight is 331 g/mol. The summed E-state index contributed by atoms with van der Waals surface area (Å²) in [5.41, 5.74) is 5.60. The predicted octanol–water partition coefficient (Wildman–Crippen LogP) is 1.61. The Morgan fingerprint density at radius 1 is 1.29 bits per heavy atom. The highest BCUT2D eigenvalue weighted by Crippen LogP contribution is 2.32. The number of hydrazine groups is 1. The number of benzene rings is 1. The summed E-state index contributed by atoms with van der Waals surface area (Å²) in [5, 5.41) is 2.52. The quantitative estimate of drug-likeness (QED) is 0.728. The fourth-order valence-corrected chi connectivity index (χ4v) is 2.56. The van der Waals surface area contributed by atoms with E-state index in [-0.39, 0.29) is 12.1 Å². The summed E-state index contributed by atoms with van der Waals surface area (Å²) >= 11 is 0. The van der Waals surface area contributed by atoms with Gasteiger partial charge in [0.1, 0.15) is 11.6 Å². The van der Waals surface area contributed by atoms with Crippen LogP contribution in [0.15, 0.2) is 34.9 Å². The zero-order valence-electron chi connectivity index (χ0n) is 12.7. The van der Waals surface area contributed by atoms with Crippen molar-refractivity contribution < 1.29 is 23.2 Å². The topological polar surface area (TPSA) is 100 Å². The molecule has 0 radical (unpaired) electrons. The number of amides is 3. The van der Waals surface area contributed by atoms with Crippen LogP contribution < -0.4 is 16.2 Å². The summed E-state index contributed by atoms with van der Waals surface area (Å²) in [6, 6.07) is 5.28. The second-order valence-corrected chi connectivity index (χ2v) is 5.37. The zero-order chi connectivity index (χ0) is 17.3. The standard InChI is InChI=1S/C16H14FN3O4/c1-8-10(4-5-24-8)15(22)19-20-16(23)12-7-14(21)18-13-6-9(17)2-3-11(12)13/h2-6,12H,7H2,1H3,(H,18,21)(H,19,22)(H,20,23). The molecule has 0 bridgehead atoms. The third-order valence-electron chi connectivity index (χ3n) is 3.77. The lowest BCUT2D eigenvalue weighted by atomic mass is 9.90. The van der Waals surface area contributed by atoms with E-state index in [4.69, 9.17) is 4.42 Å². The van der Waals surface area contributed by atoms with Crippen molar-refractivity contribution in [1.29, 1.82) is 0 Å². The van der Waals surface area contributed by atoms with Gasteiger partial charge in [0.25, 0.3) is 5.91 Å². The number of hydrogen-bond acceptors (Lipinski definition) is 4. The number of furan rings is 1. The van der Waals surface area contributed by atoms with Crippen molar-refractivity contribution in [3.05, 3.63) is 53.2 Å². The first-order valence-corrected chi connectivity index (χ1v) is 7.19. The first kappa shape index (κ1) is 15.7. The number of carbonyl (C=O) groups is 3. The molecule has 3 rings (SSSR count). The van der Waals surface area contributed by atoms with E-state index in [2.05, 4.69) is 16.2 Å². The van der Waals surface area contributed by atoms with Gasteiger partial charge in [-0.3, -0.25) is 25.2 Å². The molecule has 0 aliphatic carbocycles. The summed E-state index contributed by atoms with van der Waals surface area (Å²) in [6.07, 6.45) is 1.27. The number of rotatable bonds is 2. The highest BCUT2D eigenvalue weighted by Gasteiger charge is 2.31. The minimum Gasteiger partial charge on any atom is -0.469 e. The molecule has 1 aromatic carbocycles. The molecule has 3 amide bonds. The van der Waals surface area contributed by atoms with Crippen molar-refractivity contribution in [2.75, 3.05) is 5.32 Å². The number of nitrogens with one attached hydrogen (secondary N) is 3. The van der Waals surface area contributed by atoms with Crippen molar-refractivity contribution in [1.82, 2.24) is 10.9 Å². The molecular formula is C16H14FN3O4. The van der Waals surface area contributed by atoms with Crippen LogP contribution in [0.4, 0.5) is 10.1 Å². The number of carbonyl (C=O) groups excluding carboxylic acids is 3. The van der Waals surface area contributed by atoms with Crippen LogP contribution in [0.5, 0.6) is 0 Å². The SMILES string of the molecule is Cc1occc1C(=O)NNC(=O)C1CC(=O)Nc2cc(F)ccc21. The maximum absolute atomic E-state index is 13.3. The van der Waals surface area contributed by atoms with Crippen molar-refractivity contribution in [2.24, 2.45) is 0 Å². The van der Waals surface area contributed by atoms with E-state index in [0.29, 0.717) is 16.9 Å². The van der Waals surface area contributed by atoms with Gasteiger partial charge in [0.15, 0.2) is 0 Å². The van der Waals surface area contributed by atoms with Gasteiger partial charge >= 0.3 is 0 Å². The molecule has 0 spiro atoms. The Hall–Kier alpha value is -3.16. The average Bonchev–Trinajstić information content (AvgIpc) is 2.97. The lowest BCUT2D eigenvalue weighted by Gasteiger charge is -2.24. The highest BCUT2D eigenvalue weighted by molar-refractivity contribution is 6.02. The van der Waals surface area contributed by atoms with E-state index in [0.717, 1.165) is 6.07 Å². The molecule has 1 aliphatic heterocycles. The number of anilines is 1. The smallest absolute Gasteiger partial charge is 0.273 e. The highest BCUT2D eigenvalue weighted by atomic mass is 19.1. The Kier molecular flexibility index (Phi) is 4.03. The maximum Gasteiger partial charge on any atom is 0.273 e. The summed E-state index contributed by atoms with van der Waals surface area (Å²) in [7, 11) is 0. The van der Waals surface area contributed by atoms with Crippen LogP contribution in [0.2, 0.25) is 0 Å². The molecular weight excluding hydrogens is 317 g/mol. The lowest BCUT2D eigenvalue weighted by molar-refractivity contribution is -0.126. The molecule has 1 aromatic heterocycles. The maximum atomic E-state index is 13.3. The molecule has 2 heterocycles. The Labute approximate surface area is 136 Å². The van der Waals surface area contributed by atoms with Crippen molar-refractivity contribution in [3.8, 4) is 0 Å².